The Hall–Kier alpha value is -2.44. The van der Waals surface area contributed by atoms with E-state index in [9.17, 15) is 9.59 Å². The number of benzene rings is 1. The summed E-state index contributed by atoms with van der Waals surface area (Å²) in [6.07, 6.45) is 1.08. The highest BCUT2D eigenvalue weighted by Gasteiger charge is 2.24. The Bertz CT molecular complexity index is 568. The molecule has 0 aliphatic carbocycles. The highest BCUT2D eigenvalue weighted by molar-refractivity contribution is 5.95. The van der Waals surface area contributed by atoms with Gasteiger partial charge in [0.25, 0.3) is 5.91 Å². The zero-order chi connectivity index (χ0) is 16.8. The quantitative estimate of drug-likeness (QED) is 0.912. The SMILES string of the molecule is COC(=O)N1CCC(NC(=O)c2ccc(OC)c(OC)c2)CC1. The van der Waals surface area contributed by atoms with Gasteiger partial charge in [-0.1, -0.05) is 0 Å². The second kappa shape index (κ2) is 7.71. The molecule has 7 heteroatoms. The van der Waals surface area contributed by atoms with Gasteiger partial charge >= 0.3 is 6.09 Å². The lowest BCUT2D eigenvalue weighted by molar-refractivity contribution is 0.0892. The zero-order valence-electron chi connectivity index (χ0n) is 13.6. The molecule has 2 rings (SSSR count). The minimum atomic E-state index is -0.324. The predicted molar refractivity (Wildman–Crippen MR) is 84.0 cm³/mol. The van der Waals surface area contributed by atoms with Crippen LogP contribution >= 0.6 is 0 Å². The van der Waals surface area contributed by atoms with Crippen molar-refractivity contribution >= 4 is 12.0 Å². The Kier molecular flexibility index (Phi) is 5.67. The summed E-state index contributed by atoms with van der Waals surface area (Å²) in [4.78, 5) is 25.4. The average Bonchev–Trinajstić information content (AvgIpc) is 2.60. The van der Waals surface area contributed by atoms with Crippen LogP contribution in [0.2, 0.25) is 0 Å². The van der Waals surface area contributed by atoms with Gasteiger partial charge in [0.05, 0.1) is 21.3 Å². The molecule has 1 aromatic carbocycles. The van der Waals surface area contributed by atoms with Crippen LogP contribution in [0, 0.1) is 0 Å². The van der Waals surface area contributed by atoms with Crippen LogP contribution in [-0.4, -0.2) is 57.4 Å². The maximum Gasteiger partial charge on any atom is 0.409 e. The molecule has 1 aliphatic heterocycles. The van der Waals surface area contributed by atoms with E-state index >= 15 is 0 Å². The van der Waals surface area contributed by atoms with Gasteiger partial charge in [0.15, 0.2) is 11.5 Å². The van der Waals surface area contributed by atoms with Gasteiger partial charge in [0, 0.05) is 24.7 Å². The molecule has 0 saturated carbocycles. The van der Waals surface area contributed by atoms with E-state index in [0.29, 0.717) is 43.0 Å². The lowest BCUT2D eigenvalue weighted by atomic mass is 10.0. The molecular weight excluding hydrogens is 300 g/mol. The molecule has 1 aliphatic rings. The molecule has 126 valence electrons. The van der Waals surface area contributed by atoms with Crippen LogP contribution in [0.1, 0.15) is 23.2 Å². The van der Waals surface area contributed by atoms with Crippen LogP contribution < -0.4 is 14.8 Å². The van der Waals surface area contributed by atoms with Crippen LogP contribution in [0.15, 0.2) is 18.2 Å². The minimum Gasteiger partial charge on any atom is -0.493 e. The maximum atomic E-state index is 12.3. The molecule has 0 radical (unpaired) electrons. The fraction of sp³-hybridized carbons (Fsp3) is 0.500. The summed E-state index contributed by atoms with van der Waals surface area (Å²) in [5.41, 5.74) is 0.512. The Morgan fingerprint density at radius 2 is 1.74 bits per heavy atom. The molecule has 1 N–H and O–H groups in total. The number of hydrogen-bond acceptors (Lipinski definition) is 5. The third-order valence-electron chi connectivity index (χ3n) is 3.91. The van der Waals surface area contributed by atoms with E-state index in [4.69, 9.17) is 14.2 Å². The summed E-state index contributed by atoms with van der Waals surface area (Å²) in [6, 6.07) is 5.09. The molecule has 1 aromatic rings. The molecule has 23 heavy (non-hydrogen) atoms. The van der Waals surface area contributed by atoms with Crippen molar-refractivity contribution in [2.75, 3.05) is 34.4 Å². The van der Waals surface area contributed by atoms with E-state index in [0.717, 1.165) is 0 Å². The van der Waals surface area contributed by atoms with Gasteiger partial charge in [0.1, 0.15) is 0 Å². The first-order valence-corrected chi connectivity index (χ1v) is 7.44. The topological polar surface area (TPSA) is 77.1 Å². The monoisotopic (exact) mass is 322 g/mol. The molecule has 0 unspecified atom stereocenters. The summed E-state index contributed by atoms with van der Waals surface area (Å²) in [5.74, 6) is 0.929. The molecule has 0 aromatic heterocycles. The van der Waals surface area contributed by atoms with Crippen molar-refractivity contribution in [1.82, 2.24) is 10.2 Å². The first kappa shape index (κ1) is 16.9. The highest BCUT2D eigenvalue weighted by atomic mass is 16.5. The molecular formula is C16H22N2O5. The summed E-state index contributed by atoms with van der Waals surface area (Å²) in [7, 11) is 4.45. The number of carbonyl (C=O) groups excluding carboxylic acids is 2. The minimum absolute atomic E-state index is 0.0384. The number of ether oxygens (including phenoxy) is 3. The smallest absolute Gasteiger partial charge is 0.409 e. The molecule has 1 saturated heterocycles. The van der Waals surface area contributed by atoms with Crippen LogP contribution in [0.5, 0.6) is 11.5 Å². The summed E-state index contributed by atoms with van der Waals surface area (Å²) < 4.78 is 15.1. The van der Waals surface area contributed by atoms with E-state index in [1.165, 1.54) is 14.2 Å². The Balaban J connectivity index is 1.94. The predicted octanol–water partition coefficient (Wildman–Crippen LogP) is 1.66. The van der Waals surface area contributed by atoms with Gasteiger partial charge in [-0.2, -0.15) is 0 Å². The first-order valence-electron chi connectivity index (χ1n) is 7.44. The summed E-state index contributed by atoms with van der Waals surface area (Å²) in [5, 5.41) is 2.99. The second-order valence-electron chi connectivity index (χ2n) is 5.27. The Morgan fingerprint density at radius 1 is 1.09 bits per heavy atom. The summed E-state index contributed by atoms with van der Waals surface area (Å²) >= 11 is 0. The molecule has 0 bridgehead atoms. The van der Waals surface area contributed by atoms with E-state index in [1.807, 2.05) is 0 Å². The largest absolute Gasteiger partial charge is 0.493 e. The normalized spacial score (nSPS) is 15.0. The number of likely N-dealkylation sites (tertiary alicyclic amines) is 1. The van der Waals surface area contributed by atoms with Crippen LogP contribution in [0.4, 0.5) is 4.79 Å². The number of piperidine rings is 1. The second-order valence-corrected chi connectivity index (χ2v) is 5.27. The van der Waals surface area contributed by atoms with Crippen molar-refractivity contribution in [2.45, 2.75) is 18.9 Å². The van der Waals surface area contributed by atoms with Gasteiger partial charge in [0.2, 0.25) is 0 Å². The van der Waals surface area contributed by atoms with Crippen LogP contribution in [0.25, 0.3) is 0 Å². The van der Waals surface area contributed by atoms with Crippen molar-refractivity contribution in [3.8, 4) is 11.5 Å². The van der Waals surface area contributed by atoms with Crippen molar-refractivity contribution < 1.29 is 23.8 Å². The number of methoxy groups -OCH3 is 3. The number of amides is 2. The lowest BCUT2D eigenvalue weighted by Gasteiger charge is -2.31. The van der Waals surface area contributed by atoms with Crippen molar-refractivity contribution in [3.63, 3.8) is 0 Å². The number of nitrogens with one attached hydrogen (secondary N) is 1. The molecule has 1 heterocycles. The molecule has 2 amide bonds. The number of nitrogens with zero attached hydrogens (tertiary/aromatic N) is 1. The average molecular weight is 322 g/mol. The van der Waals surface area contributed by atoms with Gasteiger partial charge in [-0.3, -0.25) is 4.79 Å². The van der Waals surface area contributed by atoms with E-state index in [1.54, 1.807) is 30.2 Å². The third kappa shape index (κ3) is 4.06. The number of hydrogen-bond donors (Lipinski definition) is 1. The van der Waals surface area contributed by atoms with E-state index < -0.39 is 0 Å². The lowest BCUT2D eigenvalue weighted by Crippen LogP contribution is -2.46. The zero-order valence-corrected chi connectivity index (χ0v) is 13.6. The van der Waals surface area contributed by atoms with Gasteiger partial charge in [-0.25, -0.2) is 4.79 Å². The molecule has 7 nitrogen and oxygen atoms in total. The van der Waals surface area contributed by atoms with Gasteiger partial charge in [-0.15, -0.1) is 0 Å². The highest BCUT2D eigenvalue weighted by Crippen LogP contribution is 2.27. The van der Waals surface area contributed by atoms with Gasteiger partial charge in [-0.05, 0) is 31.0 Å². The fourth-order valence-corrected chi connectivity index (χ4v) is 2.58. The first-order chi connectivity index (χ1) is 11.1. The van der Waals surface area contributed by atoms with E-state index in [2.05, 4.69) is 5.32 Å². The fourth-order valence-electron chi connectivity index (χ4n) is 2.58. The van der Waals surface area contributed by atoms with Crippen LogP contribution in [0.3, 0.4) is 0 Å². The third-order valence-corrected chi connectivity index (χ3v) is 3.91. The maximum absolute atomic E-state index is 12.3. The summed E-state index contributed by atoms with van der Waals surface area (Å²) in [6.45, 7) is 1.15. The number of rotatable bonds is 4. The molecule has 1 fully saturated rings. The van der Waals surface area contributed by atoms with E-state index in [-0.39, 0.29) is 18.0 Å². The van der Waals surface area contributed by atoms with Crippen LogP contribution in [-0.2, 0) is 4.74 Å². The van der Waals surface area contributed by atoms with Gasteiger partial charge < -0.3 is 24.4 Å². The van der Waals surface area contributed by atoms with Crippen molar-refractivity contribution in [1.29, 1.82) is 0 Å². The number of carbonyl (C=O) groups is 2. The van der Waals surface area contributed by atoms with Crippen molar-refractivity contribution in [3.05, 3.63) is 23.8 Å². The van der Waals surface area contributed by atoms with Crippen molar-refractivity contribution in [2.24, 2.45) is 0 Å². The Labute approximate surface area is 135 Å². The Morgan fingerprint density at radius 3 is 2.30 bits per heavy atom. The standard InChI is InChI=1S/C16H22N2O5/c1-21-13-5-4-11(10-14(13)22-2)15(19)17-12-6-8-18(9-7-12)16(20)23-3/h4-5,10,12H,6-9H2,1-3H3,(H,17,19). The molecule has 0 atom stereocenters. The molecule has 0 spiro atoms.